The Labute approximate surface area is 210 Å². The zero-order chi connectivity index (χ0) is 24.0. The van der Waals surface area contributed by atoms with Crippen LogP contribution in [0.15, 0.2) is 59.4 Å². The Hall–Kier alpha value is -2.62. The molecule has 1 atom stereocenters. The topological polar surface area (TPSA) is 72.7 Å². The molecule has 0 amide bonds. The van der Waals surface area contributed by atoms with Gasteiger partial charge in [0.15, 0.2) is 5.82 Å². The highest BCUT2D eigenvalue weighted by Crippen LogP contribution is 2.26. The molecule has 2 aromatic carbocycles. The molecular formula is C26H30ClN5O3. The SMILES string of the molecule is O=c1c([C@@H](CN2CCOCC2)c2ccc(Cl)cc2)nc(-c2ccccc2)nn1CN1CCOCC1. The molecule has 0 unspecified atom stereocenters. The summed E-state index contributed by atoms with van der Waals surface area (Å²) in [7, 11) is 0. The van der Waals surface area contributed by atoms with Crippen molar-refractivity contribution in [3.05, 3.63) is 81.2 Å². The normalized spacial score (nSPS) is 18.4. The minimum absolute atomic E-state index is 0.163. The molecule has 0 N–H and O–H groups in total. The van der Waals surface area contributed by atoms with Gasteiger partial charge in [-0.2, -0.15) is 0 Å². The lowest BCUT2D eigenvalue weighted by molar-refractivity contribution is 0.0202. The zero-order valence-electron chi connectivity index (χ0n) is 19.7. The summed E-state index contributed by atoms with van der Waals surface area (Å²) in [4.78, 5) is 23.3. The Balaban J connectivity index is 1.59. The van der Waals surface area contributed by atoms with E-state index < -0.39 is 0 Å². The van der Waals surface area contributed by atoms with Crippen LogP contribution in [0.4, 0.5) is 0 Å². The maximum Gasteiger partial charge on any atom is 0.290 e. The lowest BCUT2D eigenvalue weighted by Gasteiger charge is -2.31. The van der Waals surface area contributed by atoms with Crippen LogP contribution in [0.25, 0.3) is 11.4 Å². The van der Waals surface area contributed by atoms with Gasteiger partial charge in [-0.25, -0.2) is 9.67 Å². The molecule has 0 spiro atoms. The van der Waals surface area contributed by atoms with Crippen LogP contribution in [0, 0.1) is 0 Å². The highest BCUT2D eigenvalue weighted by molar-refractivity contribution is 6.30. The second-order valence-corrected chi connectivity index (χ2v) is 9.32. The fourth-order valence-corrected chi connectivity index (χ4v) is 4.65. The van der Waals surface area contributed by atoms with Gasteiger partial charge in [-0.15, -0.1) is 5.10 Å². The average molecular weight is 496 g/mol. The third-order valence-corrected chi connectivity index (χ3v) is 6.76. The summed E-state index contributed by atoms with van der Waals surface area (Å²) in [5.74, 6) is 0.327. The van der Waals surface area contributed by atoms with Gasteiger partial charge in [-0.05, 0) is 17.7 Å². The molecule has 3 heterocycles. The third-order valence-electron chi connectivity index (χ3n) is 6.51. The third kappa shape index (κ3) is 5.97. The Bertz CT molecular complexity index is 1160. The van der Waals surface area contributed by atoms with Gasteiger partial charge in [0.25, 0.3) is 5.56 Å². The minimum Gasteiger partial charge on any atom is -0.379 e. The minimum atomic E-state index is -0.223. The molecule has 0 saturated carbocycles. The van der Waals surface area contributed by atoms with Crippen molar-refractivity contribution in [2.75, 3.05) is 59.2 Å². The Morgan fingerprint density at radius 2 is 1.49 bits per heavy atom. The molecular weight excluding hydrogens is 466 g/mol. The van der Waals surface area contributed by atoms with E-state index in [1.807, 2.05) is 54.6 Å². The number of benzene rings is 2. The molecule has 5 rings (SSSR count). The first-order valence-corrected chi connectivity index (χ1v) is 12.5. The number of rotatable bonds is 7. The van der Waals surface area contributed by atoms with Gasteiger partial charge in [0, 0.05) is 49.2 Å². The van der Waals surface area contributed by atoms with Crippen LogP contribution < -0.4 is 5.56 Å². The average Bonchev–Trinajstić information content (AvgIpc) is 2.91. The van der Waals surface area contributed by atoms with E-state index in [1.165, 1.54) is 0 Å². The van der Waals surface area contributed by atoms with Gasteiger partial charge in [0.2, 0.25) is 0 Å². The van der Waals surface area contributed by atoms with Gasteiger partial charge in [0.1, 0.15) is 5.69 Å². The van der Waals surface area contributed by atoms with Crippen LogP contribution in [-0.2, 0) is 16.1 Å². The van der Waals surface area contributed by atoms with E-state index in [4.69, 9.17) is 31.2 Å². The largest absolute Gasteiger partial charge is 0.379 e. The lowest BCUT2D eigenvalue weighted by Crippen LogP contribution is -2.43. The van der Waals surface area contributed by atoms with Crippen molar-refractivity contribution in [1.82, 2.24) is 24.6 Å². The predicted octanol–water partition coefficient (Wildman–Crippen LogP) is 2.71. The Morgan fingerprint density at radius 3 is 2.14 bits per heavy atom. The highest BCUT2D eigenvalue weighted by Gasteiger charge is 2.26. The predicted molar refractivity (Wildman–Crippen MR) is 135 cm³/mol. The van der Waals surface area contributed by atoms with Crippen molar-refractivity contribution < 1.29 is 9.47 Å². The van der Waals surface area contributed by atoms with Crippen LogP contribution >= 0.6 is 11.6 Å². The van der Waals surface area contributed by atoms with Crippen LogP contribution in [0.5, 0.6) is 0 Å². The monoisotopic (exact) mass is 495 g/mol. The number of ether oxygens (including phenoxy) is 2. The summed E-state index contributed by atoms with van der Waals surface area (Å²) >= 11 is 6.19. The number of hydrogen-bond acceptors (Lipinski definition) is 7. The van der Waals surface area contributed by atoms with E-state index in [0.29, 0.717) is 56.2 Å². The lowest BCUT2D eigenvalue weighted by atomic mass is 9.94. The van der Waals surface area contributed by atoms with E-state index in [2.05, 4.69) is 9.80 Å². The van der Waals surface area contributed by atoms with E-state index in [1.54, 1.807) is 4.68 Å². The van der Waals surface area contributed by atoms with Gasteiger partial charge in [0.05, 0.1) is 33.1 Å². The van der Waals surface area contributed by atoms with E-state index in [-0.39, 0.29) is 11.5 Å². The number of morpholine rings is 2. The molecule has 184 valence electrons. The molecule has 2 fully saturated rings. The maximum atomic E-state index is 13.9. The Kier molecular flexibility index (Phi) is 7.85. The number of hydrogen-bond donors (Lipinski definition) is 0. The highest BCUT2D eigenvalue weighted by atomic mass is 35.5. The molecule has 2 aliphatic heterocycles. The van der Waals surface area contributed by atoms with Gasteiger partial charge in [-0.3, -0.25) is 14.6 Å². The van der Waals surface area contributed by atoms with E-state index in [9.17, 15) is 4.79 Å². The van der Waals surface area contributed by atoms with Crippen molar-refractivity contribution in [3.8, 4) is 11.4 Å². The molecule has 1 aromatic heterocycles. The van der Waals surface area contributed by atoms with Crippen LogP contribution in [-0.4, -0.2) is 83.7 Å². The second kappa shape index (κ2) is 11.4. The number of aromatic nitrogens is 3. The van der Waals surface area contributed by atoms with Crippen molar-refractivity contribution in [1.29, 1.82) is 0 Å². The van der Waals surface area contributed by atoms with Crippen LogP contribution in [0.1, 0.15) is 17.2 Å². The van der Waals surface area contributed by atoms with Crippen LogP contribution in [0.3, 0.4) is 0 Å². The molecule has 0 bridgehead atoms. The summed E-state index contributed by atoms with van der Waals surface area (Å²) in [6.07, 6.45) is 0. The molecule has 0 radical (unpaired) electrons. The first-order valence-electron chi connectivity index (χ1n) is 12.1. The van der Waals surface area contributed by atoms with Gasteiger partial charge < -0.3 is 9.47 Å². The van der Waals surface area contributed by atoms with Crippen molar-refractivity contribution in [2.45, 2.75) is 12.6 Å². The molecule has 2 saturated heterocycles. The van der Waals surface area contributed by atoms with E-state index >= 15 is 0 Å². The second-order valence-electron chi connectivity index (χ2n) is 8.88. The molecule has 9 heteroatoms. The van der Waals surface area contributed by atoms with Crippen molar-refractivity contribution in [3.63, 3.8) is 0 Å². The summed E-state index contributed by atoms with van der Waals surface area (Å²) < 4.78 is 12.6. The van der Waals surface area contributed by atoms with Crippen molar-refractivity contribution >= 4 is 11.6 Å². The fraction of sp³-hybridized carbons (Fsp3) is 0.423. The van der Waals surface area contributed by atoms with Gasteiger partial charge in [-0.1, -0.05) is 54.1 Å². The molecule has 0 aliphatic carbocycles. The Morgan fingerprint density at radius 1 is 0.857 bits per heavy atom. The first kappa shape index (κ1) is 24.1. The fourth-order valence-electron chi connectivity index (χ4n) is 4.53. The molecule has 8 nitrogen and oxygen atoms in total. The number of halogens is 1. The zero-order valence-corrected chi connectivity index (χ0v) is 20.4. The van der Waals surface area contributed by atoms with Crippen molar-refractivity contribution in [2.24, 2.45) is 0 Å². The molecule has 3 aromatic rings. The summed E-state index contributed by atoms with van der Waals surface area (Å²) in [6.45, 7) is 6.94. The summed E-state index contributed by atoms with van der Waals surface area (Å²) in [5, 5.41) is 5.35. The van der Waals surface area contributed by atoms with Gasteiger partial charge >= 0.3 is 0 Å². The molecule has 35 heavy (non-hydrogen) atoms. The summed E-state index contributed by atoms with van der Waals surface area (Å²) in [5.41, 5.74) is 2.23. The smallest absolute Gasteiger partial charge is 0.290 e. The number of nitrogens with zero attached hydrogens (tertiary/aromatic N) is 5. The standard InChI is InChI=1S/C26H30ClN5O3/c27-22-8-6-20(7-9-22)23(18-30-10-14-34-15-11-30)24-26(33)32(19-31-12-16-35-17-13-31)29-25(28-24)21-4-2-1-3-5-21/h1-9,23H,10-19H2/t23-/m0/s1. The van der Waals surface area contributed by atoms with Crippen LogP contribution in [0.2, 0.25) is 5.02 Å². The summed E-state index contributed by atoms with van der Waals surface area (Å²) in [6, 6.07) is 17.5. The first-order chi connectivity index (χ1) is 17.2. The maximum absolute atomic E-state index is 13.9. The van der Waals surface area contributed by atoms with E-state index in [0.717, 1.165) is 37.3 Å². The quantitative estimate of drug-likeness (QED) is 0.499. The molecule has 2 aliphatic rings.